The predicted molar refractivity (Wildman–Crippen MR) is 49.0 cm³/mol. The third kappa shape index (κ3) is 1.78. The van der Waals surface area contributed by atoms with E-state index >= 15 is 0 Å². The molecule has 0 atom stereocenters. The van der Waals surface area contributed by atoms with Gasteiger partial charge in [-0.15, -0.1) is 0 Å². The summed E-state index contributed by atoms with van der Waals surface area (Å²) in [4.78, 5) is 6.18. The minimum atomic E-state index is -4.69. The molecule has 6 heteroatoms. The lowest BCUT2D eigenvalue weighted by Gasteiger charge is -2.09. The molecule has 0 aliphatic heterocycles. The maximum absolute atomic E-state index is 13.6. The van der Waals surface area contributed by atoms with Crippen molar-refractivity contribution in [3.8, 4) is 11.3 Å². The van der Waals surface area contributed by atoms with Crippen molar-refractivity contribution in [3.05, 3.63) is 42.1 Å². The van der Waals surface area contributed by atoms with Crippen LogP contribution < -0.4 is 0 Å². The van der Waals surface area contributed by atoms with Gasteiger partial charge in [0.05, 0.1) is 23.8 Å². The number of H-pyrrole nitrogens is 1. The van der Waals surface area contributed by atoms with Gasteiger partial charge in [0.25, 0.3) is 0 Å². The van der Waals surface area contributed by atoms with E-state index < -0.39 is 17.6 Å². The smallest absolute Gasteiger partial charge is 0.345 e. The van der Waals surface area contributed by atoms with Crippen LogP contribution in [0.3, 0.4) is 0 Å². The van der Waals surface area contributed by atoms with E-state index in [2.05, 4.69) is 9.97 Å². The van der Waals surface area contributed by atoms with E-state index in [0.717, 1.165) is 6.07 Å². The van der Waals surface area contributed by atoms with Crippen molar-refractivity contribution in [1.29, 1.82) is 0 Å². The van der Waals surface area contributed by atoms with E-state index in [1.54, 1.807) is 0 Å². The molecular formula is C10H6F4N2. The molecule has 84 valence electrons. The Labute approximate surface area is 87.9 Å². The quantitative estimate of drug-likeness (QED) is 0.748. The molecule has 2 rings (SSSR count). The van der Waals surface area contributed by atoms with E-state index in [1.165, 1.54) is 18.6 Å². The fraction of sp³-hybridized carbons (Fsp3) is 0.100. The highest BCUT2D eigenvalue weighted by Gasteiger charge is 2.35. The Kier molecular flexibility index (Phi) is 2.41. The number of hydrogen-bond donors (Lipinski definition) is 1. The van der Waals surface area contributed by atoms with Crippen LogP contribution in [0.5, 0.6) is 0 Å². The third-order valence-corrected chi connectivity index (χ3v) is 2.09. The second-order valence-corrected chi connectivity index (χ2v) is 3.13. The molecule has 0 spiro atoms. The topological polar surface area (TPSA) is 28.7 Å². The van der Waals surface area contributed by atoms with Crippen molar-refractivity contribution in [2.24, 2.45) is 0 Å². The number of halogens is 4. The van der Waals surface area contributed by atoms with Crippen LogP contribution in [0.2, 0.25) is 0 Å². The molecule has 1 aromatic heterocycles. The van der Waals surface area contributed by atoms with Gasteiger partial charge in [0.2, 0.25) is 0 Å². The maximum atomic E-state index is 13.6. The standard InChI is InChI=1S/C10H6F4N2/c11-9-6(8-4-15-5-16-8)2-1-3-7(9)10(12,13)14/h1-5H,(H,15,16). The van der Waals surface area contributed by atoms with Crippen LogP contribution in [0.4, 0.5) is 17.6 Å². The highest BCUT2D eigenvalue weighted by molar-refractivity contribution is 5.60. The molecule has 0 aliphatic rings. The summed E-state index contributed by atoms with van der Waals surface area (Å²) in [6, 6.07) is 3.12. The first-order chi connectivity index (χ1) is 7.50. The number of alkyl halides is 3. The number of aromatic amines is 1. The first-order valence-corrected chi connectivity index (χ1v) is 4.34. The molecule has 0 radical (unpaired) electrons. The minimum absolute atomic E-state index is 0.146. The van der Waals surface area contributed by atoms with E-state index in [1.807, 2.05) is 0 Å². The molecular weight excluding hydrogens is 224 g/mol. The molecule has 2 aromatic rings. The Hall–Kier alpha value is -1.85. The number of nitrogens with zero attached hydrogens (tertiary/aromatic N) is 1. The van der Waals surface area contributed by atoms with Crippen molar-refractivity contribution in [3.63, 3.8) is 0 Å². The van der Waals surface area contributed by atoms with E-state index in [0.29, 0.717) is 6.07 Å². The van der Waals surface area contributed by atoms with Crippen LogP contribution in [0, 0.1) is 5.82 Å². The summed E-state index contributed by atoms with van der Waals surface area (Å²) in [6.45, 7) is 0. The summed E-state index contributed by atoms with van der Waals surface area (Å²) >= 11 is 0. The van der Waals surface area contributed by atoms with Gasteiger partial charge in [-0.05, 0) is 12.1 Å². The third-order valence-electron chi connectivity index (χ3n) is 2.09. The molecule has 16 heavy (non-hydrogen) atoms. The van der Waals surface area contributed by atoms with Gasteiger partial charge in [-0.1, -0.05) is 6.07 Å². The van der Waals surface area contributed by atoms with E-state index in [4.69, 9.17) is 0 Å². The van der Waals surface area contributed by atoms with Crippen molar-refractivity contribution in [2.75, 3.05) is 0 Å². The summed E-state index contributed by atoms with van der Waals surface area (Å²) in [5.74, 6) is -1.29. The number of imidazole rings is 1. The maximum Gasteiger partial charge on any atom is 0.419 e. The van der Waals surface area contributed by atoms with Gasteiger partial charge < -0.3 is 4.98 Å². The van der Waals surface area contributed by atoms with Crippen molar-refractivity contribution >= 4 is 0 Å². The Morgan fingerprint density at radius 3 is 2.50 bits per heavy atom. The second-order valence-electron chi connectivity index (χ2n) is 3.13. The zero-order chi connectivity index (χ0) is 11.8. The zero-order valence-electron chi connectivity index (χ0n) is 7.85. The van der Waals surface area contributed by atoms with Gasteiger partial charge in [-0.25, -0.2) is 9.37 Å². The van der Waals surface area contributed by atoms with Gasteiger partial charge in [-0.3, -0.25) is 0 Å². The van der Waals surface area contributed by atoms with Crippen LogP contribution >= 0.6 is 0 Å². The van der Waals surface area contributed by atoms with Crippen LogP contribution in [0.15, 0.2) is 30.7 Å². The molecule has 1 aromatic carbocycles. The molecule has 0 amide bonds. The Balaban J connectivity index is 2.58. The summed E-state index contributed by atoms with van der Waals surface area (Å²) in [7, 11) is 0. The lowest BCUT2D eigenvalue weighted by Crippen LogP contribution is -2.08. The normalized spacial score (nSPS) is 11.8. The molecule has 1 heterocycles. The Bertz CT molecular complexity index is 488. The molecule has 0 bridgehead atoms. The summed E-state index contributed by atoms with van der Waals surface area (Å²) in [5, 5.41) is 0. The average molecular weight is 230 g/mol. The highest BCUT2D eigenvalue weighted by atomic mass is 19.4. The molecule has 1 N–H and O–H groups in total. The summed E-state index contributed by atoms with van der Waals surface area (Å²) < 4.78 is 50.8. The molecule has 0 saturated carbocycles. The van der Waals surface area contributed by atoms with Crippen molar-refractivity contribution in [1.82, 2.24) is 9.97 Å². The number of aromatic nitrogens is 2. The largest absolute Gasteiger partial charge is 0.419 e. The summed E-state index contributed by atoms with van der Waals surface area (Å²) in [5.41, 5.74) is -1.21. The molecule has 0 unspecified atom stereocenters. The average Bonchev–Trinajstić information content (AvgIpc) is 2.69. The first-order valence-electron chi connectivity index (χ1n) is 4.34. The first kappa shape index (κ1) is 10.7. The second kappa shape index (κ2) is 3.62. The number of nitrogens with one attached hydrogen (secondary N) is 1. The van der Waals surface area contributed by atoms with Crippen LogP contribution in [0.25, 0.3) is 11.3 Å². The Morgan fingerprint density at radius 1 is 1.19 bits per heavy atom. The van der Waals surface area contributed by atoms with Crippen LogP contribution in [0.1, 0.15) is 5.56 Å². The molecule has 0 saturated heterocycles. The lowest BCUT2D eigenvalue weighted by molar-refractivity contribution is -0.139. The van der Waals surface area contributed by atoms with Crippen molar-refractivity contribution < 1.29 is 17.6 Å². The van der Waals surface area contributed by atoms with Gasteiger partial charge in [0.15, 0.2) is 0 Å². The van der Waals surface area contributed by atoms with Crippen molar-refractivity contribution in [2.45, 2.75) is 6.18 Å². The molecule has 0 fully saturated rings. The number of hydrogen-bond acceptors (Lipinski definition) is 1. The fourth-order valence-electron chi connectivity index (χ4n) is 1.36. The fourth-order valence-corrected chi connectivity index (χ4v) is 1.36. The Morgan fingerprint density at radius 2 is 1.94 bits per heavy atom. The molecule has 2 nitrogen and oxygen atoms in total. The van der Waals surface area contributed by atoms with E-state index in [-0.39, 0.29) is 11.3 Å². The predicted octanol–water partition coefficient (Wildman–Crippen LogP) is 3.23. The van der Waals surface area contributed by atoms with Gasteiger partial charge >= 0.3 is 6.18 Å². The lowest BCUT2D eigenvalue weighted by atomic mass is 10.1. The minimum Gasteiger partial charge on any atom is -0.345 e. The number of rotatable bonds is 1. The monoisotopic (exact) mass is 230 g/mol. The number of benzene rings is 1. The SMILES string of the molecule is Fc1c(-c2cnc[nH]2)cccc1C(F)(F)F. The highest BCUT2D eigenvalue weighted by Crippen LogP contribution is 2.34. The van der Waals surface area contributed by atoms with Gasteiger partial charge in [0.1, 0.15) is 5.82 Å². The van der Waals surface area contributed by atoms with E-state index in [9.17, 15) is 17.6 Å². The van der Waals surface area contributed by atoms with Gasteiger partial charge in [-0.2, -0.15) is 13.2 Å². The van der Waals surface area contributed by atoms with Crippen LogP contribution in [-0.2, 0) is 6.18 Å². The van der Waals surface area contributed by atoms with Gasteiger partial charge in [0, 0.05) is 5.56 Å². The molecule has 0 aliphatic carbocycles. The van der Waals surface area contributed by atoms with Crippen LogP contribution in [-0.4, -0.2) is 9.97 Å². The summed E-state index contributed by atoms with van der Waals surface area (Å²) in [6.07, 6.45) is -2.16. The zero-order valence-corrected chi connectivity index (χ0v) is 7.85.